The summed E-state index contributed by atoms with van der Waals surface area (Å²) in [6.45, 7) is 6.14. The van der Waals surface area contributed by atoms with Crippen molar-refractivity contribution in [2.45, 2.75) is 88.2 Å². The van der Waals surface area contributed by atoms with Crippen LogP contribution in [0.5, 0.6) is 11.5 Å². The van der Waals surface area contributed by atoms with Crippen molar-refractivity contribution in [1.82, 2.24) is 0 Å². The molecule has 0 saturated carbocycles. The van der Waals surface area contributed by atoms with Crippen LogP contribution < -0.4 is 9.47 Å². The average molecular weight is 1050 g/mol. The van der Waals surface area contributed by atoms with E-state index in [2.05, 4.69) is 38.9 Å². The van der Waals surface area contributed by atoms with Crippen molar-refractivity contribution in [3.8, 4) is 11.5 Å². The molecule has 7 rings (SSSR count). The molecule has 306 valence electrons. The van der Waals surface area contributed by atoms with Crippen LogP contribution in [0.4, 0.5) is 0 Å². The standard InChI is InChI=1S/C38H46O2S16/c1-7-9-11-13-15-39-25-21-17-45-31-33(55-37(53-31)35-49-27(41-3)28(42-4)50-35)47-19-23(21)26(40-16-14-12-10-8-2)24-20-48-34-32(46-18-22(24)25)54-38(56-34)36-51-29(43-5)30(44-6)52-36/h7-20H2,1-6H3. The second-order valence-electron chi connectivity index (χ2n) is 12.6. The van der Waals surface area contributed by atoms with Crippen LogP contribution in [0.25, 0.3) is 0 Å². The molecule has 56 heavy (non-hydrogen) atoms. The van der Waals surface area contributed by atoms with Crippen molar-refractivity contribution < 1.29 is 9.47 Å². The van der Waals surface area contributed by atoms with E-state index in [0.717, 1.165) is 49.1 Å². The Balaban J connectivity index is 1.19. The Morgan fingerprint density at radius 1 is 0.375 bits per heavy atom. The summed E-state index contributed by atoms with van der Waals surface area (Å²) in [6, 6.07) is 0. The summed E-state index contributed by atoms with van der Waals surface area (Å²) in [5, 5.41) is 0. The number of unbranched alkanes of at least 4 members (excludes halogenated alkanes) is 6. The van der Waals surface area contributed by atoms with Gasteiger partial charge in [0.2, 0.25) is 0 Å². The van der Waals surface area contributed by atoms with E-state index in [1.165, 1.54) is 123 Å². The van der Waals surface area contributed by atoms with Crippen LogP contribution in [0.3, 0.4) is 0 Å². The van der Waals surface area contributed by atoms with E-state index in [-0.39, 0.29) is 0 Å². The third-order valence-electron chi connectivity index (χ3n) is 8.93. The van der Waals surface area contributed by atoms with Gasteiger partial charge in [-0.05, 0) is 37.9 Å². The molecule has 0 fully saturated rings. The van der Waals surface area contributed by atoms with Crippen LogP contribution >= 0.6 is 188 Å². The molecule has 0 radical (unpaired) electrons. The zero-order chi connectivity index (χ0) is 39.0. The SMILES string of the molecule is CCCCCCOc1c2c(c(OCCCCCC)c3c1CSC1=C(SC3)SC(=C3SC(SC)=C(SC)S3)S1)CSC1=C(SC2)SC(=C2SC(SC)=C(SC)S2)S1. The zero-order valence-electron chi connectivity index (χ0n) is 32.2. The van der Waals surface area contributed by atoms with Crippen molar-refractivity contribution in [2.75, 3.05) is 38.2 Å². The maximum absolute atomic E-state index is 7.07. The monoisotopic (exact) mass is 1050 g/mol. The summed E-state index contributed by atoms with van der Waals surface area (Å²) in [6.07, 6.45) is 18.5. The highest BCUT2D eigenvalue weighted by atomic mass is 32.3. The number of thioether (sulfide) groups is 16. The third kappa shape index (κ3) is 11.4. The van der Waals surface area contributed by atoms with Crippen LogP contribution in [0.1, 0.15) is 87.5 Å². The maximum atomic E-state index is 7.07. The minimum absolute atomic E-state index is 0.781. The lowest BCUT2D eigenvalue weighted by atomic mass is 9.97. The minimum Gasteiger partial charge on any atom is -0.493 e. The average Bonchev–Trinajstić information content (AvgIpc) is 4.01. The lowest BCUT2D eigenvalue weighted by molar-refractivity contribution is 0.289. The minimum atomic E-state index is 0.781. The molecule has 0 aromatic heterocycles. The molecule has 0 aliphatic carbocycles. The number of rotatable bonds is 16. The van der Waals surface area contributed by atoms with Crippen LogP contribution in [0, 0.1) is 0 Å². The van der Waals surface area contributed by atoms with Gasteiger partial charge in [-0.3, -0.25) is 0 Å². The molecule has 0 atom stereocenters. The maximum Gasteiger partial charge on any atom is 0.128 e. The summed E-state index contributed by atoms with van der Waals surface area (Å²) in [5.74, 6) is 6.02. The summed E-state index contributed by atoms with van der Waals surface area (Å²) < 4.78 is 31.6. The Kier molecular flexibility index (Phi) is 19.8. The molecule has 0 saturated heterocycles. The van der Waals surface area contributed by atoms with Gasteiger partial charge in [-0.15, -0.1) is 94.1 Å². The summed E-state index contributed by atoms with van der Waals surface area (Å²) in [7, 11) is 0. The Labute approximate surface area is 403 Å². The van der Waals surface area contributed by atoms with Crippen LogP contribution in [0.2, 0.25) is 0 Å². The molecule has 0 amide bonds. The molecular weight excluding hydrogens is 1000 g/mol. The number of hydrogen-bond acceptors (Lipinski definition) is 18. The van der Waals surface area contributed by atoms with E-state index in [0.29, 0.717) is 0 Å². The largest absolute Gasteiger partial charge is 0.493 e. The second kappa shape index (κ2) is 23.7. The number of ether oxygens (including phenoxy) is 2. The molecule has 1 aromatic carbocycles. The van der Waals surface area contributed by atoms with E-state index in [1.54, 1.807) is 0 Å². The van der Waals surface area contributed by atoms with Gasteiger partial charge in [0.25, 0.3) is 0 Å². The number of hydrogen-bond donors (Lipinski definition) is 0. The van der Waals surface area contributed by atoms with Crippen molar-refractivity contribution in [3.63, 3.8) is 0 Å². The fourth-order valence-electron chi connectivity index (χ4n) is 6.11. The van der Waals surface area contributed by atoms with E-state index < -0.39 is 0 Å². The third-order valence-corrected chi connectivity index (χ3v) is 31.6. The van der Waals surface area contributed by atoms with Gasteiger partial charge in [-0.2, -0.15) is 0 Å². The summed E-state index contributed by atoms with van der Waals surface area (Å²) >= 11 is 31.5. The predicted octanol–water partition coefficient (Wildman–Crippen LogP) is 18.7. The first-order chi connectivity index (χ1) is 27.5. The summed E-state index contributed by atoms with van der Waals surface area (Å²) in [5.41, 5.74) is 5.54. The quantitative estimate of drug-likeness (QED) is 0.146. The van der Waals surface area contributed by atoms with Crippen molar-refractivity contribution in [2.24, 2.45) is 0 Å². The lowest BCUT2D eigenvalue weighted by Crippen LogP contribution is -2.13. The molecule has 6 aliphatic rings. The molecule has 0 bridgehead atoms. The molecule has 1 aromatic rings. The van der Waals surface area contributed by atoms with Gasteiger partial charge in [-0.25, -0.2) is 0 Å². The highest BCUT2D eigenvalue weighted by Gasteiger charge is 2.36. The van der Waals surface area contributed by atoms with Crippen molar-refractivity contribution in [3.05, 3.63) is 73.1 Å². The van der Waals surface area contributed by atoms with E-state index in [1.807, 2.05) is 188 Å². The van der Waals surface area contributed by atoms with Crippen molar-refractivity contribution in [1.29, 1.82) is 0 Å². The van der Waals surface area contributed by atoms with Crippen LogP contribution in [-0.2, 0) is 23.0 Å². The van der Waals surface area contributed by atoms with E-state index in [9.17, 15) is 0 Å². The first-order valence-electron chi connectivity index (χ1n) is 18.5. The van der Waals surface area contributed by atoms with Gasteiger partial charge >= 0.3 is 0 Å². The number of fused-ring (bicyclic) bond motifs is 2. The van der Waals surface area contributed by atoms with Gasteiger partial charge in [0.05, 0.1) is 64.1 Å². The molecule has 2 nitrogen and oxygen atoms in total. The van der Waals surface area contributed by atoms with Gasteiger partial charge in [0, 0.05) is 45.3 Å². The zero-order valence-corrected chi connectivity index (χ0v) is 45.3. The first-order valence-corrected chi connectivity index (χ1v) is 33.9. The van der Waals surface area contributed by atoms with Gasteiger partial charge < -0.3 is 9.47 Å². The molecule has 6 heterocycles. The van der Waals surface area contributed by atoms with Gasteiger partial charge in [0.15, 0.2) is 0 Å². The highest BCUT2D eigenvalue weighted by Crippen LogP contribution is 2.69. The predicted molar refractivity (Wildman–Crippen MR) is 288 cm³/mol. The normalized spacial score (nSPS) is 20.1. The molecule has 0 spiro atoms. The lowest BCUT2D eigenvalue weighted by Gasteiger charge is -2.28. The second-order valence-corrected chi connectivity index (χ2v) is 31.1. The van der Waals surface area contributed by atoms with E-state index in [4.69, 9.17) is 9.47 Å². The smallest absolute Gasteiger partial charge is 0.128 e. The highest BCUT2D eigenvalue weighted by molar-refractivity contribution is 8.46. The number of benzene rings is 1. The van der Waals surface area contributed by atoms with Crippen LogP contribution in [0.15, 0.2) is 50.8 Å². The van der Waals surface area contributed by atoms with Crippen LogP contribution in [-0.4, -0.2) is 38.2 Å². The van der Waals surface area contributed by atoms with Crippen molar-refractivity contribution >= 4 is 188 Å². The molecule has 0 N–H and O–H groups in total. The fourth-order valence-corrected chi connectivity index (χ4v) is 28.6. The Hall–Kier alpha value is 2.86. The molecule has 6 aliphatic heterocycles. The molecule has 18 heteroatoms. The summed E-state index contributed by atoms with van der Waals surface area (Å²) in [4.78, 5) is 0. The molecular formula is C38H46O2S16. The Morgan fingerprint density at radius 3 is 0.929 bits per heavy atom. The van der Waals surface area contributed by atoms with E-state index >= 15 is 0 Å². The first kappa shape index (κ1) is 46.8. The molecule has 0 unspecified atom stereocenters. The van der Waals surface area contributed by atoms with Gasteiger partial charge in [0.1, 0.15) is 11.5 Å². The fraction of sp³-hybridized carbons (Fsp3) is 0.526. The topological polar surface area (TPSA) is 18.5 Å². The Morgan fingerprint density at radius 2 is 0.661 bits per heavy atom. The van der Waals surface area contributed by atoms with Gasteiger partial charge in [-0.1, -0.05) is 146 Å². The Bertz CT molecular complexity index is 1610.